The highest BCUT2D eigenvalue weighted by Crippen LogP contribution is 2.34. The molecule has 0 atom stereocenters. The van der Waals surface area contributed by atoms with Crippen LogP contribution in [0, 0.1) is 0 Å². The molecule has 0 bridgehead atoms. The van der Waals surface area contributed by atoms with Gasteiger partial charge in [-0.15, -0.1) is 0 Å². The number of para-hydroxylation sites is 1. The monoisotopic (exact) mass is 369 g/mol. The first-order chi connectivity index (χ1) is 13.1. The molecule has 0 unspecified atom stereocenters. The Morgan fingerprint density at radius 3 is 2.37 bits per heavy atom. The van der Waals surface area contributed by atoms with Crippen LogP contribution in [0.2, 0.25) is 0 Å². The van der Waals surface area contributed by atoms with Crippen molar-refractivity contribution in [3.8, 4) is 11.5 Å². The average Bonchev–Trinajstić information content (AvgIpc) is 2.70. The lowest BCUT2D eigenvalue weighted by atomic mass is 10.0. The summed E-state index contributed by atoms with van der Waals surface area (Å²) in [4.78, 5) is 14.1. The molecule has 0 fully saturated rings. The molecule has 0 aliphatic heterocycles. The van der Waals surface area contributed by atoms with E-state index < -0.39 is 5.97 Å². The third kappa shape index (κ3) is 5.59. The van der Waals surface area contributed by atoms with Gasteiger partial charge < -0.3 is 19.5 Å². The Balaban J connectivity index is 2.36. The molecule has 0 amide bonds. The van der Waals surface area contributed by atoms with E-state index in [1.807, 2.05) is 36.4 Å². The van der Waals surface area contributed by atoms with E-state index >= 15 is 0 Å². The standard InChI is InChI=1S/C22H27NO4/c1-4-23(5-2)14-15-27-21-18(12-9-13-20(21)26-3)16-19(22(24)25)17-10-7-6-8-11-17/h6-13,16H,4-5,14-15H2,1-3H3,(H,24,25)/b19-16-. The molecule has 2 aromatic carbocycles. The molecule has 0 aliphatic rings. The number of nitrogens with zero attached hydrogens (tertiary/aromatic N) is 1. The summed E-state index contributed by atoms with van der Waals surface area (Å²) in [5.41, 5.74) is 1.52. The largest absolute Gasteiger partial charge is 0.493 e. The van der Waals surface area contributed by atoms with E-state index in [2.05, 4.69) is 18.7 Å². The van der Waals surface area contributed by atoms with Crippen molar-refractivity contribution in [2.45, 2.75) is 13.8 Å². The van der Waals surface area contributed by atoms with Crippen LogP contribution in [0.25, 0.3) is 11.6 Å². The van der Waals surface area contributed by atoms with E-state index in [-0.39, 0.29) is 5.57 Å². The number of ether oxygens (including phenoxy) is 2. The van der Waals surface area contributed by atoms with Crippen LogP contribution in [0.1, 0.15) is 25.0 Å². The fourth-order valence-electron chi connectivity index (χ4n) is 2.82. The minimum Gasteiger partial charge on any atom is -0.493 e. The van der Waals surface area contributed by atoms with Gasteiger partial charge in [0, 0.05) is 12.1 Å². The topological polar surface area (TPSA) is 59.0 Å². The third-order valence-corrected chi connectivity index (χ3v) is 4.39. The highest BCUT2D eigenvalue weighted by atomic mass is 16.5. The van der Waals surface area contributed by atoms with Gasteiger partial charge in [-0.2, -0.15) is 0 Å². The summed E-state index contributed by atoms with van der Waals surface area (Å²) in [6.45, 7) is 7.42. The summed E-state index contributed by atoms with van der Waals surface area (Å²) in [5.74, 6) is 0.154. The van der Waals surface area contributed by atoms with E-state index in [1.54, 1.807) is 25.3 Å². The molecular formula is C22H27NO4. The van der Waals surface area contributed by atoms with Gasteiger partial charge >= 0.3 is 5.97 Å². The molecule has 144 valence electrons. The van der Waals surface area contributed by atoms with Crippen LogP contribution in [0.5, 0.6) is 11.5 Å². The van der Waals surface area contributed by atoms with E-state index in [1.165, 1.54) is 0 Å². The zero-order valence-corrected chi connectivity index (χ0v) is 16.1. The molecule has 5 nitrogen and oxygen atoms in total. The van der Waals surface area contributed by atoms with Crippen molar-refractivity contribution in [1.29, 1.82) is 0 Å². The first-order valence-corrected chi connectivity index (χ1v) is 9.13. The second-order valence-electron chi connectivity index (χ2n) is 5.98. The normalized spacial score (nSPS) is 11.5. The Morgan fingerprint density at radius 2 is 1.78 bits per heavy atom. The molecule has 0 aromatic heterocycles. The summed E-state index contributed by atoms with van der Waals surface area (Å²) in [7, 11) is 1.58. The molecule has 1 N–H and O–H groups in total. The smallest absolute Gasteiger partial charge is 0.336 e. The van der Waals surface area contributed by atoms with Crippen LogP contribution in [-0.4, -0.2) is 49.3 Å². The van der Waals surface area contributed by atoms with E-state index in [0.29, 0.717) is 29.2 Å². The van der Waals surface area contributed by atoms with Crippen molar-refractivity contribution in [2.24, 2.45) is 0 Å². The van der Waals surface area contributed by atoms with Crippen molar-refractivity contribution in [3.05, 3.63) is 59.7 Å². The molecule has 0 aliphatic carbocycles. The number of hydrogen-bond donors (Lipinski definition) is 1. The van der Waals surface area contributed by atoms with E-state index in [0.717, 1.165) is 19.6 Å². The molecule has 0 radical (unpaired) electrons. The van der Waals surface area contributed by atoms with Gasteiger partial charge in [-0.05, 0) is 30.8 Å². The van der Waals surface area contributed by atoms with Gasteiger partial charge in [0.25, 0.3) is 0 Å². The van der Waals surface area contributed by atoms with E-state index in [9.17, 15) is 9.90 Å². The summed E-state index contributed by atoms with van der Waals surface area (Å²) in [6, 6.07) is 14.5. The SMILES string of the molecule is CCN(CC)CCOc1c(/C=C(\C(=O)O)c2ccccc2)cccc1OC. The highest BCUT2D eigenvalue weighted by Gasteiger charge is 2.15. The Morgan fingerprint density at radius 1 is 1.07 bits per heavy atom. The minimum absolute atomic E-state index is 0.206. The van der Waals surface area contributed by atoms with Crippen molar-refractivity contribution < 1.29 is 19.4 Å². The summed E-state index contributed by atoms with van der Waals surface area (Å²) in [6.07, 6.45) is 1.63. The first kappa shape index (κ1) is 20.5. The number of carboxylic acids is 1. The van der Waals surface area contributed by atoms with Crippen LogP contribution >= 0.6 is 0 Å². The molecule has 2 aromatic rings. The van der Waals surface area contributed by atoms with Crippen molar-refractivity contribution >= 4 is 17.6 Å². The zero-order valence-electron chi connectivity index (χ0n) is 16.1. The minimum atomic E-state index is -0.988. The van der Waals surface area contributed by atoms with Crippen LogP contribution in [0.4, 0.5) is 0 Å². The number of rotatable bonds is 10. The average molecular weight is 369 g/mol. The molecule has 2 rings (SSSR count). The fraction of sp³-hybridized carbons (Fsp3) is 0.318. The lowest BCUT2D eigenvalue weighted by Gasteiger charge is -2.19. The van der Waals surface area contributed by atoms with Gasteiger partial charge in [0.2, 0.25) is 0 Å². The highest BCUT2D eigenvalue weighted by molar-refractivity contribution is 6.20. The predicted molar refractivity (Wildman–Crippen MR) is 108 cm³/mol. The molecular weight excluding hydrogens is 342 g/mol. The molecule has 27 heavy (non-hydrogen) atoms. The maximum absolute atomic E-state index is 11.8. The molecule has 0 spiro atoms. The van der Waals surface area contributed by atoms with Crippen molar-refractivity contribution in [1.82, 2.24) is 4.90 Å². The lowest BCUT2D eigenvalue weighted by Crippen LogP contribution is -2.28. The number of benzene rings is 2. The second-order valence-corrected chi connectivity index (χ2v) is 5.98. The Hall–Kier alpha value is -2.79. The van der Waals surface area contributed by atoms with Crippen molar-refractivity contribution in [2.75, 3.05) is 33.4 Å². The number of likely N-dealkylation sites (N-methyl/N-ethyl adjacent to an activating group) is 1. The van der Waals surface area contributed by atoms with Gasteiger partial charge in [0.1, 0.15) is 6.61 Å². The quantitative estimate of drug-likeness (QED) is 0.506. The molecule has 0 saturated carbocycles. The number of hydrogen-bond acceptors (Lipinski definition) is 4. The molecule has 5 heteroatoms. The Bertz CT molecular complexity index is 767. The Kier molecular flexibility index (Phi) is 7.89. The summed E-state index contributed by atoms with van der Waals surface area (Å²) >= 11 is 0. The van der Waals surface area contributed by atoms with Crippen LogP contribution in [0.3, 0.4) is 0 Å². The number of methoxy groups -OCH3 is 1. The molecule has 0 heterocycles. The number of carbonyl (C=O) groups is 1. The van der Waals surface area contributed by atoms with Gasteiger partial charge in [0.15, 0.2) is 11.5 Å². The first-order valence-electron chi connectivity index (χ1n) is 9.13. The Labute approximate surface area is 160 Å². The van der Waals surface area contributed by atoms with Gasteiger partial charge in [-0.1, -0.05) is 56.3 Å². The zero-order chi connectivity index (χ0) is 19.6. The number of aliphatic carboxylic acids is 1. The summed E-state index contributed by atoms with van der Waals surface area (Å²) < 4.78 is 11.4. The van der Waals surface area contributed by atoms with Crippen LogP contribution < -0.4 is 9.47 Å². The predicted octanol–water partition coefficient (Wildman–Crippen LogP) is 4.04. The third-order valence-electron chi connectivity index (χ3n) is 4.39. The lowest BCUT2D eigenvalue weighted by molar-refractivity contribution is -0.130. The maximum atomic E-state index is 11.8. The van der Waals surface area contributed by atoms with Crippen molar-refractivity contribution in [3.63, 3.8) is 0 Å². The summed E-state index contributed by atoms with van der Waals surface area (Å²) in [5, 5.41) is 9.67. The van der Waals surface area contributed by atoms with Gasteiger partial charge in [-0.25, -0.2) is 4.79 Å². The second kappa shape index (κ2) is 10.4. The maximum Gasteiger partial charge on any atom is 0.336 e. The van der Waals surface area contributed by atoms with Gasteiger partial charge in [0.05, 0.1) is 12.7 Å². The van der Waals surface area contributed by atoms with Gasteiger partial charge in [-0.3, -0.25) is 0 Å². The van der Waals surface area contributed by atoms with Crippen LogP contribution in [-0.2, 0) is 4.79 Å². The molecule has 0 saturated heterocycles. The number of carboxylic acid groups (broad SMARTS) is 1. The van der Waals surface area contributed by atoms with Crippen LogP contribution in [0.15, 0.2) is 48.5 Å². The van der Waals surface area contributed by atoms with E-state index in [4.69, 9.17) is 9.47 Å². The fourth-order valence-corrected chi connectivity index (χ4v) is 2.82.